The van der Waals surface area contributed by atoms with Crippen molar-refractivity contribution in [1.82, 2.24) is 14.8 Å². The highest BCUT2D eigenvalue weighted by molar-refractivity contribution is 6.36. The molecule has 0 amide bonds. The highest BCUT2D eigenvalue weighted by atomic mass is 16.3. The van der Waals surface area contributed by atoms with E-state index in [9.17, 15) is 0 Å². The van der Waals surface area contributed by atoms with Crippen LogP contribution in [0.4, 0.5) is 0 Å². The van der Waals surface area contributed by atoms with Crippen LogP contribution in [0.25, 0.3) is 76.7 Å². The third kappa shape index (κ3) is 3.10. The van der Waals surface area contributed by atoms with Gasteiger partial charge in [0.05, 0.1) is 16.7 Å². The van der Waals surface area contributed by atoms with Crippen LogP contribution in [-0.2, 0) is 0 Å². The lowest BCUT2D eigenvalue weighted by Crippen LogP contribution is -2.31. The number of hydrogen-bond acceptors (Lipinski definition) is 3. The molecule has 0 radical (unpaired) electrons. The first-order valence-electron chi connectivity index (χ1n) is 14.7. The van der Waals surface area contributed by atoms with Crippen LogP contribution in [0.2, 0.25) is 0 Å². The van der Waals surface area contributed by atoms with Crippen LogP contribution in [0, 0.1) is 0 Å². The second kappa shape index (κ2) is 8.40. The molecule has 4 heteroatoms. The van der Waals surface area contributed by atoms with E-state index in [0.29, 0.717) is 0 Å². The smallest absolute Gasteiger partial charge is 0.160 e. The van der Waals surface area contributed by atoms with Gasteiger partial charge in [0.2, 0.25) is 0 Å². The van der Waals surface area contributed by atoms with E-state index >= 15 is 0 Å². The lowest BCUT2D eigenvalue weighted by Gasteiger charge is -2.20. The standard InChI is InChI=1S/C39H25N3O/c1-2-10-27-24(9-1)18-21-31-35-28-11-3-4-12-29(28)36-30-13-5-6-14-33(30)43-39(36)38(35)42(37(27)31)26-19-16-25(17-20-26)32-23-41-22-8-7-15-34(41)40-32/h1-23,34,40H. The first-order chi connectivity index (χ1) is 21.3. The molecule has 202 valence electrons. The number of furan rings is 1. The molecule has 4 heterocycles. The van der Waals surface area contributed by atoms with Crippen molar-refractivity contribution in [3.05, 3.63) is 145 Å². The molecule has 2 aromatic heterocycles. The predicted molar refractivity (Wildman–Crippen MR) is 178 cm³/mol. The Morgan fingerprint density at radius 2 is 1.35 bits per heavy atom. The summed E-state index contributed by atoms with van der Waals surface area (Å²) in [6.07, 6.45) is 10.8. The molecule has 1 unspecified atom stereocenters. The van der Waals surface area contributed by atoms with Gasteiger partial charge in [-0.3, -0.25) is 0 Å². The van der Waals surface area contributed by atoms with Crippen molar-refractivity contribution in [2.24, 2.45) is 0 Å². The zero-order chi connectivity index (χ0) is 28.1. The summed E-state index contributed by atoms with van der Waals surface area (Å²) in [4.78, 5) is 2.20. The summed E-state index contributed by atoms with van der Waals surface area (Å²) in [5.41, 5.74) is 7.52. The van der Waals surface area contributed by atoms with E-state index in [4.69, 9.17) is 4.42 Å². The van der Waals surface area contributed by atoms with Crippen LogP contribution in [0.1, 0.15) is 5.56 Å². The molecular formula is C39H25N3O. The van der Waals surface area contributed by atoms with Crippen molar-refractivity contribution < 1.29 is 4.42 Å². The molecular weight excluding hydrogens is 526 g/mol. The molecule has 10 rings (SSSR count). The number of fused-ring (bicyclic) bond motifs is 13. The summed E-state index contributed by atoms with van der Waals surface area (Å²) in [7, 11) is 0. The molecule has 0 saturated carbocycles. The normalized spacial score (nSPS) is 16.2. The highest BCUT2D eigenvalue weighted by Gasteiger charge is 2.25. The molecule has 0 spiro atoms. The van der Waals surface area contributed by atoms with Crippen molar-refractivity contribution >= 4 is 71.0 Å². The summed E-state index contributed by atoms with van der Waals surface area (Å²) in [5.74, 6) is 0. The third-order valence-electron chi connectivity index (χ3n) is 9.13. The maximum absolute atomic E-state index is 6.78. The number of hydrogen-bond donors (Lipinski definition) is 1. The molecule has 2 aliphatic heterocycles. The number of aromatic nitrogens is 1. The molecule has 8 aromatic rings. The van der Waals surface area contributed by atoms with Crippen molar-refractivity contribution in [1.29, 1.82) is 0 Å². The average Bonchev–Trinajstić information content (AvgIpc) is 3.77. The van der Waals surface area contributed by atoms with Gasteiger partial charge >= 0.3 is 0 Å². The molecule has 0 bridgehead atoms. The Labute approximate surface area is 247 Å². The molecule has 2 aliphatic rings. The van der Waals surface area contributed by atoms with Gasteiger partial charge in [-0.2, -0.15) is 0 Å². The van der Waals surface area contributed by atoms with Gasteiger partial charge in [0.25, 0.3) is 0 Å². The van der Waals surface area contributed by atoms with Crippen molar-refractivity contribution in [3.63, 3.8) is 0 Å². The van der Waals surface area contributed by atoms with Crippen molar-refractivity contribution in [3.8, 4) is 5.69 Å². The fraction of sp³-hybridized carbons (Fsp3) is 0.0256. The first kappa shape index (κ1) is 22.9. The molecule has 4 nitrogen and oxygen atoms in total. The summed E-state index contributed by atoms with van der Waals surface area (Å²) in [6, 6.07) is 39.3. The number of allylic oxidation sites excluding steroid dienone is 2. The van der Waals surface area contributed by atoms with E-state index in [-0.39, 0.29) is 6.17 Å². The minimum absolute atomic E-state index is 0.165. The molecule has 43 heavy (non-hydrogen) atoms. The van der Waals surface area contributed by atoms with E-state index in [2.05, 4.69) is 155 Å². The van der Waals surface area contributed by atoms with E-state index < -0.39 is 0 Å². The molecule has 6 aromatic carbocycles. The Balaban J connectivity index is 1.34. The fourth-order valence-electron chi connectivity index (χ4n) is 7.24. The minimum Gasteiger partial charge on any atom is -0.454 e. The predicted octanol–water partition coefficient (Wildman–Crippen LogP) is 9.60. The molecule has 0 saturated heterocycles. The van der Waals surface area contributed by atoms with Crippen LogP contribution in [0.5, 0.6) is 0 Å². The van der Waals surface area contributed by atoms with Crippen LogP contribution in [-0.4, -0.2) is 15.6 Å². The number of rotatable bonds is 2. The number of para-hydroxylation sites is 1. The average molecular weight is 552 g/mol. The topological polar surface area (TPSA) is 33.3 Å². The van der Waals surface area contributed by atoms with Crippen LogP contribution in [0.15, 0.2) is 144 Å². The minimum atomic E-state index is 0.165. The van der Waals surface area contributed by atoms with Crippen molar-refractivity contribution in [2.45, 2.75) is 6.17 Å². The van der Waals surface area contributed by atoms with Gasteiger partial charge in [-0.15, -0.1) is 0 Å². The second-order valence-electron chi connectivity index (χ2n) is 11.4. The van der Waals surface area contributed by atoms with Gasteiger partial charge in [-0.1, -0.05) is 97.1 Å². The van der Waals surface area contributed by atoms with Gasteiger partial charge < -0.3 is 19.2 Å². The molecule has 1 atom stereocenters. The van der Waals surface area contributed by atoms with Gasteiger partial charge in [0.15, 0.2) is 5.58 Å². The van der Waals surface area contributed by atoms with E-state index in [1.165, 1.54) is 43.2 Å². The summed E-state index contributed by atoms with van der Waals surface area (Å²) < 4.78 is 9.21. The summed E-state index contributed by atoms with van der Waals surface area (Å²) >= 11 is 0. The number of benzene rings is 6. The largest absolute Gasteiger partial charge is 0.454 e. The third-order valence-corrected chi connectivity index (χ3v) is 9.13. The van der Waals surface area contributed by atoms with Crippen LogP contribution >= 0.6 is 0 Å². The van der Waals surface area contributed by atoms with Gasteiger partial charge in [-0.05, 0) is 52.1 Å². The van der Waals surface area contributed by atoms with Gasteiger partial charge in [-0.25, -0.2) is 0 Å². The Morgan fingerprint density at radius 1 is 0.605 bits per heavy atom. The Morgan fingerprint density at radius 3 is 2.19 bits per heavy atom. The Bertz CT molecular complexity index is 2540. The summed E-state index contributed by atoms with van der Waals surface area (Å²) in [5, 5.41) is 13.3. The molecule has 0 aliphatic carbocycles. The van der Waals surface area contributed by atoms with E-state index in [0.717, 1.165) is 39.0 Å². The number of nitrogens with one attached hydrogen (secondary N) is 1. The second-order valence-corrected chi connectivity index (χ2v) is 11.4. The van der Waals surface area contributed by atoms with E-state index in [1.807, 2.05) is 0 Å². The number of nitrogens with zero attached hydrogens (tertiary/aromatic N) is 2. The Kier molecular flexibility index (Phi) is 4.47. The van der Waals surface area contributed by atoms with Gasteiger partial charge in [0.1, 0.15) is 11.7 Å². The lowest BCUT2D eigenvalue weighted by molar-refractivity contribution is 0.427. The zero-order valence-electron chi connectivity index (χ0n) is 23.2. The van der Waals surface area contributed by atoms with Gasteiger partial charge in [0, 0.05) is 45.0 Å². The maximum Gasteiger partial charge on any atom is 0.160 e. The lowest BCUT2D eigenvalue weighted by atomic mass is 9.98. The first-order valence-corrected chi connectivity index (χ1v) is 14.7. The van der Waals surface area contributed by atoms with E-state index in [1.54, 1.807) is 0 Å². The van der Waals surface area contributed by atoms with Crippen LogP contribution in [0.3, 0.4) is 0 Å². The fourth-order valence-corrected chi connectivity index (χ4v) is 7.24. The highest BCUT2D eigenvalue weighted by Crippen LogP contribution is 2.47. The van der Waals surface area contributed by atoms with Crippen LogP contribution < -0.4 is 5.32 Å². The maximum atomic E-state index is 6.78. The van der Waals surface area contributed by atoms with Crippen molar-refractivity contribution in [2.75, 3.05) is 0 Å². The molecule has 0 fully saturated rings. The quantitative estimate of drug-likeness (QED) is 0.232. The zero-order valence-corrected chi connectivity index (χ0v) is 23.2. The monoisotopic (exact) mass is 551 g/mol. The Hall–Kier alpha value is -5.74. The SMILES string of the molecule is C1=CC2NC(c3ccc(-n4c5c6ccccc6ccc5c5c6ccccc6c6c7ccccc7oc6c54)cc3)=CN2C=C1. The molecule has 1 N–H and O–H groups in total. The summed E-state index contributed by atoms with van der Waals surface area (Å²) in [6.45, 7) is 0.